The zero-order valence-corrected chi connectivity index (χ0v) is 21.8. The molecule has 1 spiro atoms. The summed E-state index contributed by atoms with van der Waals surface area (Å²) in [5.74, 6) is -1.40. The van der Waals surface area contributed by atoms with Crippen LogP contribution in [-0.4, -0.2) is 85.8 Å². The van der Waals surface area contributed by atoms with Crippen LogP contribution in [0, 0.1) is 11.8 Å². The van der Waals surface area contributed by atoms with Gasteiger partial charge < -0.3 is 19.8 Å². The summed E-state index contributed by atoms with van der Waals surface area (Å²) in [4.78, 5) is 47.6. The van der Waals surface area contributed by atoms with Gasteiger partial charge in [-0.25, -0.2) is 0 Å². The van der Waals surface area contributed by atoms with Crippen LogP contribution in [0.5, 0.6) is 0 Å². The Labute approximate surface area is 217 Å². The maximum Gasteiger partial charge on any atom is 0.247 e. The summed E-state index contributed by atoms with van der Waals surface area (Å²) in [5, 5.41) is 9.56. The van der Waals surface area contributed by atoms with E-state index < -0.39 is 27.4 Å². The molecule has 2 fully saturated rings. The molecule has 4 aliphatic rings. The van der Waals surface area contributed by atoms with Crippen molar-refractivity contribution < 1.29 is 19.5 Å². The average molecular weight is 510 g/mol. The van der Waals surface area contributed by atoms with Crippen LogP contribution in [0.15, 0.2) is 54.6 Å². The molecule has 2 saturated heterocycles. The topological polar surface area (TPSA) is 81.2 Å². The second-order valence-electron chi connectivity index (χ2n) is 10.4. The molecule has 1 unspecified atom stereocenters. The molecular weight excluding hydrogens is 474 g/mol. The molecule has 5 atom stereocenters. The minimum atomic E-state index is -0.830. The average Bonchev–Trinajstić information content (AvgIpc) is 3.14. The number of likely N-dealkylation sites (tertiary alicyclic amines) is 1. The number of carbonyl (C=O) groups is 3. The van der Waals surface area contributed by atoms with Gasteiger partial charge in [-0.3, -0.25) is 14.4 Å². The molecule has 0 radical (unpaired) electrons. The molecule has 5 rings (SSSR count). The molecule has 0 saturated carbocycles. The second kappa shape index (κ2) is 9.71. The van der Waals surface area contributed by atoms with E-state index in [1.807, 2.05) is 66.1 Å². The lowest BCUT2D eigenvalue weighted by atomic mass is 9.74. The Balaban J connectivity index is 1.58. The first kappa shape index (κ1) is 25.1. The van der Waals surface area contributed by atoms with Crippen LogP contribution in [0.2, 0.25) is 0 Å². The first-order valence-electron chi connectivity index (χ1n) is 12.9. The van der Waals surface area contributed by atoms with E-state index in [9.17, 15) is 19.5 Å². The molecule has 0 aromatic heterocycles. The number of hydrogen-bond donors (Lipinski definition) is 1. The smallest absolute Gasteiger partial charge is 0.247 e. The lowest BCUT2D eigenvalue weighted by Gasteiger charge is -2.36. The zero-order valence-electron chi connectivity index (χ0n) is 21.0. The van der Waals surface area contributed by atoms with Gasteiger partial charge in [0.1, 0.15) is 6.04 Å². The third-order valence-electron chi connectivity index (χ3n) is 7.99. The predicted molar refractivity (Wildman–Crippen MR) is 140 cm³/mol. The van der Waals surface area contributed by atoms with Crippen molar-refractivity contribution in [3.8, 4) is 0 Å². The Hall–Kier alpha value is -2.58. The van der Waals surface area contributed by atoms with Crippen molar-refractivity contribution in [3.63, 3.8) is 0 Å². The summed E-state index contributed by atoms with van der Waals surface area (Å²) in [6.45, 7) is 6.43. The fourth-order valence-electron chi connectivity index (χ4n) is 6.52. The van der Waals surface area contributed by atoms with Gasteiger partial charge >= 0.3 is 0 Å². The molecule has 4 heterocycles. The zero-order chi connectivity index (χ0) is 25.5. The number of benzene rings is 1. The van der Waals surface area contributed by atoms with E-state index in [2.05, 4.69) is 12.2 Å². The normalized spacial score (nSPS) is 33.5. The number of carbonyl (C=O) groups excluding carboxylic acids is 3. The summed E-state index contributed by atoms with van der Waals surface area (Å²) in [6.07, 6.45) is 9.44. The van der Waals surface area contributed by atoms with Gasteiger partial charge in [-0.15, -0.1) is 11.8 Å². The van der Waals surface area contributed by atoms with Gasteiger partial charge in [-0.05, 0) is 25.3 Å². The number of hydrogen-bond acceptors (Lipinski definition) is 5. The molecule has 3 amide bonds. The lowest BCUT2D eigenvalue weighted by molar-refractivity contribution is -0.145. The van der Waals surface area contributed by atoms with Gasteiger partial charge in [0.25, 0.3) is 0 Å². The summed E-state index contributed by atoms with van der Waals surface area (Å²) >= 11 is 1.61. The van der Waals surface area contributed by atoms with Gasteiger partial charge in [0.2, 0.25) is 17.7 Å². The molecule has 8 heteroatoms. The van der Waals surface area contributed by atoms with E-state index in [0.717, 1.165) is 12.0 Å². The van der Waals surface area contributed by atoms with Crippen molar-refractivity contribution in [1.29, 1.82) is 0 Å². The minimum Gasteiger partial charge on any atom is -0.396 e. The van der Waals surface area contributed by atoms with E-state index in [1.165, 1.54) is 0 Å². The SMILES string of the molecule is CCCN1CC=C[C@]2(C)S[C@]34C=CCN(Cc5ccccc5)C(=O)C3N(CCCO)C(=O)[C@@H]4[C@@H]2C1=O. The van der Waals surface area contributed by atoms with Crippen molar-refractivity contribution in [2.24, 2.45) is 11.8 Å². The minimum absolute atomic E-state index is 0.000991. The Morgan fingerprint density at radius 1 is 0.944 bits per heavy atom. The van der Waals surface area contributed by atoms with Crippen LogP contribution in [-0.2, 0) is 20.9 Å². The predicted octanol–water partition coefficient (Wildman–Crippen LogP) is 2.46. The molecule has 4 aliphatic heterocycles. The molecule has 1 aromatic rings. The number of aliphatic hydroxyl groups is 1. The Morgan fingerprint density at radius 2 is 1.67 bits per heavy atom. The van der Waals surface area contributed by atoms with Gasteiger partial charge in [-0.1, -0.05) is 61.6 Å². The highest BCUT2D eigenvalue weighted by atomic mass is 32.2. The van der Waals surface area contributed by atoms with Gasteiger partial charge in [0, 0.05) is 44.1 Å². The number of aliphatic hydroxyl groups excluding tert-OH is 1. The molecule has 0 aliphatic carbocycles. The van der Waals surface area contributed by atoms with Crippen molar-refractivity contribution in [1.82, 2.24) is 14.7 Å². The molecule has 192 valence electrons. The quantitative estimate of drug-likeness (QED) is 0.571. The van der Waals surface area contributed by atoms with E-state index in [1.54, 1.807) is 16.7 Å². The summed E-state index contributed by atoms with van der Waals surface area (Å²) in [7, 11) is 0. The highest BCUT2D eigenvalue weighted by molar-refractivity contribution is 8.02. The summed E-state index contributed by atoms with van der Waals surface area (Å²) in [6, 6.07) is 9.15. The maximum atomic E-state index is 14.2. The van der Waals surface area contributed by atoms with Crippen LogP contribution in [0.4, 0.5) is 0 Å². The maximum absolute atomic E-state index is 14.2. The third kappa shape index (κ3) is 3.89. The second-order valence-corrected chi connectivity index (χ2v) is 12.2. The van der Waals surface area contributed by atoms with Crippen LogP contribution in [0.1, 0.15) is 32.3 Å². The Morgan fingerprint density at radius 3 is 2.39 bits per heavy atom. The highest BCUT2D eigenvalue weighted by Gasteiger charge is 2.73. The van der Waals surface area contributed by atoms with Crippen molar-refractivity contribution in [2.75, 3.05) is 32.8 Å². The van der Waals surface area contributed by atoms with Crippen LogP contribution < -0.4 is 0 Å². The van der Waals surface area contributed by atoms with Crippen LogP contribution in [0.25, 0.3) is 0 Å². The third-order valence-corrected chi connectivity index (χ3v) is 9.79. The van der Waals surface area contributed by atoms with E-state index >= 15 is 0 Å². The molecule has 0 bridgehead atoms. The van der Waals surface area contributed by atoms with E-state index in [-0.39, 0.29) is 24.3 Å². The number of amides is 3. The largest absolute Gasteiger partial charge is 0.396 e. The van der Waals surface area contributed by atoms with E-state index in [0.29, 0.717) is 39.1 Å². The number of thioether (sulfide) groups is 1. The number of rotatable bonds is 7. The molecule has 36 heavy (non-hydrogen) atoms. The fourth-order valence-corrected chi connectivity index (χ4v) is 8.67. The van der Waals surface area contributed by atoms with Gasteiger partial charge in [-0.2, -0.15) is 0 Å². The van der Waals surface area contributed by atoms with Crippen LogP contribution in [0.3, 0.4) is 0 Å². The van der Waals surface area contributed by atoms with Crippen molar-refractivity contribution in [2.45, 2.75) is 48.8 Å². The Kier molecular flexibility index (Phi) is 6.76. The molecule has 1 N–H and O–H groups in total. The number of fused-ring (bicyclic) bond motifs is 2. The van der Waals surface area contributed by atoms with Crippen molar-refractivity contribution in [3.05, 3.63) is 60.2 Å². The van der Waals surface area contributed by atoms with E-state index in [4.69, 9.17) is 0 Å². The number of nitrogens with zero attached hydrogens (tertiary/aromatic N) is 3. The van der Waals surface area contributed by atoms with Gasteiger partial charge in [0.05, 0.1) is 16.6 Å². The van der Waals surface area contributed by atoms with Gasteiger partial charge in [0.15, 0.2) is 0 Å². The highest BCUT2D eigenvalue weighted by Crippen LogP contribution is 2.65. The molecule has 1 aromatic carbocycles. The molecule has 7 nitrogen and oxygen atoms in total. The van der Waals surface area contributed by atoms with Crippen LogP contribution >= 0.6 is 11.8 Å². The first-order valence-corrected chi connectivity index (χ1v) is 13.8. The Bertz CT molecular complexity index is 1090. The van der Waals surface area contributed by atoms with Crippen molar-refractivity contribution >= 4 is 29.5 Å². The molecular formula is C28H35N3O4S. The lowest BCUT2D eigenvalue weighted by Crippen LogP contribution is -2.53. The first-order chi connectivity index (χ1) is 17.4. The summed E-state index contributed by atoms with van der Waals surface area (Å²) in [5.41, 5.74) is 1.03. The standard InChI is InChI=1S/C28H35N3O4S/c1-3-14-29-15-7-12-27(2)21(24(29)33)22-25(34)31(17-9-18-32)23-26(35)30(16-8-13-28(22,23)36-27)19-20-10-5-4-6-11-20/h4-8,10-13,21-23,32H,3,9,14-19H2,1-2H3/t21-,22+,23?,27+,28+/m1/s1. The fraction of sp³-hybridized carbons (Fsp3) is 0.536. The summed E-state index contributed by atoms with van der Waals surface area (Å²) < 4.78 is -1.41. The monoisotopic (exact) mass is 509 g/mol.